The molecular weight excluding hydrogens is 411 g/mol. The summed E-state index contributed by atoms with van der Waals surface area (Å²) in [5.74, 6) is 0.512. The number of guanidine groups is 1. The highest BCUT2D eigenvalue weighted by Gasteiger charge is 2.28. The second-order valence-electron chi connectivity index (χ2n) is 7.34. The molecule has 0 saturated carbocycles. The maximum atomic E-state index is 6.03. The van der Waals surface area contributed by atoms with E-state index in [-0.39, 0.29) is 41.1 Å². The van der Waals surface area contributed by atoms with Gasteiger partial charge in [-0.25, -0.2) is 0 Å². The van der Waals surface area contributed by atoms with Crippen LogP contribution in [0, 0.1) is 0 Å². The minimum Gasteiger partial charge on any atom is -0.370 e. The molecule has 0 aromatic heterocycles. The molecule has 1 unspecified atom stereocenters. The van der Waals surface area contributed by atoms with Gasteiger partial charge < -0.3 is 16.4 Å². The summed E-state index contributed by atoms with van der Waals surface area (Å²) in [5.41, 5.74) is 7.21. The SMILES string of the molecule is CCC(CC)(CN=C(N)NC(C)(C)C)NC(C)c1ccccc1.I. The van der Waals surface area contributed by atoms with Gasteiger partial charge in [0, 0.05) is 17.1 Å². The Morgan fingerprint density at radius 3 is 2.12 bits per heavy atom. The third kappa shape index (κ3) is 7.83. The Morgan fingerprint density at radius 1 is 1.12 bits per heavy atom. The van der Waals surface area contributed by atoms with Gasteiger partial charge in [-0.1, -0.05) is 44.2 Å². The smallest absolute Gasteiger partial charge is 0.189 e. The maximum absolute atomic E-state index is 6.03. The van der Waals surface area contributed by atoms with Gasteiger partial charge in [0.1, 0.15) is 0 Å². The predicted octanol–water partition coefficient (Wildman–Crippen LogP) is 4.22. The lowest BCUT2D eigenvalue weighted by molar-refractivity contribution is 0.280. The van der Waals surface area contributed by atoms with Crippen molar-refractivity contribution in [2.45, 2.75) is 71.5 Å². The molecule has 0 aliphatic carbocycles. The molecule has 0 saturated heterocycles. The average molecular weight is 446 g/mol. The second-order valence-corrected chi connectivity index (χ2v) is 7.34. The van der Waals surface area contributed by atoms with E-state index >= 15 is 0 Å². The number of hydrogen-bond donors (Lipinski definition) is 3. The van der Waals surface area contributed by atoms with E-state index < -0.39 is 0 Å². The first-order chi connectivity index (χ1) is 10.7. The molecule has 5 heteroatoms. The molecule has 0 bridgehead atoms. The molecule has 0 aliphatic heterocycles. The van der Waals surface area contributed by atoms with Gasteiger partial charge in [0.25, 0.3) is 0 Å². The number of aliphatic imine (C=N–C) groups is 1. The molecule has 0 radical (unpaired) electrons. The molecule has 4 N–H and O–H groups in total. The van der Waals surface area contributed by atoms with Gasteiger partial charge in [-0.15, -0.1) is 24.0 Å². The number of nitrogens with two attached hydrogens (primary N) is 1. The first kappa shape index (κ1) is 23.2. The molecule has 1 aromatic carbocycles. The molecule has 1 aromatic rings. The van der Waals surface area contributed by atoms with Gasteiger partial charge in [0.2, 0.25) is 0 Å². The molecule has 0 aliphatic rings. The van der Waals surface area contributed by atoms with Crippen LogP contribution in [0.3, 0.4) is 0 Å². The molecule has 1 rings (SSSR count). The third-order valence-electron chi connectivity index (χ3n) is 4.23. The summed E-state index contributed by atoms with van der Waals surface area (Å²) in [6, 6.07) is 10.8. The monoisotopic (exact) mass is 446 g/mol. The lowest BCUT2D eigenvalue weighted by Crippen LogP contribution is -2.50. The fourth-order valence-corrected chi connectivity index (χ4v) is 2.67. The van der Waals surface area contributed by atoms with Crippen LogP contribution in [0.2, 0.25) is 0 Å². The van der Waals surface area contributed by atoms with Gasteiger partial charge in [-0.05, 0) is 46.1 Å². The zero-order valence-electron chi connectivity index (χ0n) is 16.0. The van der Waals surface area contributed by atoms with Crippen molar-refractivity contribution in [3.05, 3.63) is 35.9 Å². The quantitative estimate of drug-likeness (QED) is 0.334. The molecule has 0 fully saturated rings. The summed E-state index contributed by atoms with van der Waals surface area (Å²) in [6.45, 7) is 13.5. The largest absolute Gasteiger partial charge is 0.370 e. The van der Waals surface area contributed by atoms with Crippen LogP contribution in [0.15, 0.2) is 35.3 Å². The molecule has 4 nitrogen and oxygen atoms in total. The van der Waals surface area contributed by atoms with Crippen molar-refractivity contribution in [2.75, 3.05) is 6.54 Å². The van der Waals surface area contributed by atoms with Crippen molar-refractivity contribution in [1.29, 1.82) is 0 Å². The molecule has 0 amide bonds. The molecule has 138 valence electrons. The molecule has 0 spiro atoms. The van der Waals surface area contributed by atoms with Gasteiger partial charge >= 0.3 is 0 Å². The number of nitrogens with one attached hydrogen (secondary N) is 2. The van der Waals surface area contributed by atoms with Crippen LogP contribution in [0.5, 0.6) is 0 Å². The van der Waals surface area contributed by atoms with E-state index in [0.29, 0.717) is 12.5 Å². The highest BCUT2D eigenvalue weighted by molar-refractivity contribution is 14.0. The van der Waals surface area contributed by atoms with E-state index in [9.17, 15) is 0 Å². The number of nitrogens with zero attached hydrogens (tertiary/aromatic N) is 1. The first-order valence-electron chi connectivity index (χ1n) is 8.62. The van der Waals surface area contributed by atoms with E-state index in [1.54, 1.807) is 0 Å². The number of rotatable bonds is 7. The standard InChI is InChI=1S/C19H34N4.HI/c1-7-19(8-2,14-21-17(20)23-18(4,5)6)22-15(3)16-12-10-9-11-13-16;/h9-13,15,22H,7-8,14H2,1-6H3,(H3,20,21,23);1H. The van der Waals surface area contributed by atoms with Gasteiger partial charge in [-0.3, -0.25) is 4.99 Å². The van der Waals surface area contributed by atoms with Crippen LogP contribution in [0.1, 0.15) is 66.0 Å². The topological polar surface area (TPSA) is 62.4 Å². The van der Waals surface area contributed by atoms with Crippen molar-refractivity contribution in [3.8, 4) is 0 Å². The van der Waals surface area contributed by atoms with Crippen molar-refractivity contribution < 1.29 is 0 Å². The van der Waals surface area contributed by atoms with Crippen molar-refractivity contribution in [2.24, 2.45) is 10.7 Å². The Morgan fingerprint density at radius 2 is 1.67 bits per heavy atom. The zero-order valence-corrected chi connectivity index (χ0v) is 18.3. The lowest BCUT2D eigenvalue weighted by atomic mass is 9.90. The van der Waals surface area contributed by atoms with Crippen LogP contribution in [0.4, 0.5) is 0 Å². The Kier molecular flexibility index (Phi) is 9.88. The normalized spacial score (nSPS) is 14.0. The number of benzene rings is 1. The molecular formula is C19H35IN4. The fraction of sp³-hybridized carbons (Fsp3) is 0.632. The Balaban J connectivity index is 0.00000529. The minimum absolute atomic E-state index is 0. The second kappa shape index (κ2) is 10.2. The summed E-state index contributed by atoms with van der Waals surface area (Å²) >= 11 is 0. The van der Waals surface area contributed by atoms with Crippen LogP contribution in [-0.4, -0.2) is 23.6 Å². The van der Waals surface area contributed by atoms with Gasteiger partial charge in [-0.2, -0.15) is 0 Å². The maximum Gasteiger partial charge on any atom is 0.189 e. The number of halogens is 1. The van der Waals surface area contributed by atoms with E-state index in [1.165, 1.54) is 5.56 Å². The van der Waals surface area contributed by atoms with Crippen molar-refractivity contribution in [1.82, 2.24) is 10.6 Å². The van der Waals surface area contributed by atoms with Gasteiger partial charge in [0.05, 0.1) is 6.54 Å². The summed E-state index contributed by atoms with van der Waals surface area (Å²) in [4.78, 5) is 4.59. The van der Waals surface area contributed by atoms with Crippen LogP contribution in [0.25, 0.3) is 0 Å². The Bertz CT molecular complexity index is 490. The lowest BCUT2D eigenvalue weighted by Gasteiger charge is -2.35. The van der Waals surface area contributed by atoms with Crippen LogP contribution < -0.4 is 16.4 Å². The van der Waals surface area contributed by atoms with E-state index in [2.05, 4.69) is 81.4 Å². The third-order valence-corrected chi connectivity index (χ3v) is 4.23. The predicted molar refractivity (Wildman–Crippen MR) is 116 cm³/mol. The average Bonchev–Trinajstić information content (AvgIpc) is 2.50. The fourth-order valence-electron chi connectivity index (χ4n) is 2.67. The van der Waals surface area contributed by atoms with E-state index in [0.717, 1.165) is 12.8 Å². The van der Waals surface area contributed by atoms with Crippen molar-refractivity contribution >= 4 is 29.9 Å². The van der Waals surface area contributed by atoms with Crippen molar-refractivity contribution in [3.63, 3.8) is 0 Å². The molecule has 0 heterocycles. The zero-order chi connectivity index (χ0) is 17.5. The Labute approximate surface area is 165 Å². The minimum atomic E-state index is -0.0700. The summed E-state index contributed by atoms with van der Waals surface area (Å²) in [5, 5.41) is 7.00. The summed E-state index contributed by atoms with van der Waals surface area (Å²) in [6.07, 6.45) is 2.01. The highest BCUT2D eigenvalue weighted by Crippen LogP contribution is 2.22. The summed E-state index contributed by atoms with van der Waals surface area (Å²) in [7, 11) is 0. The first-order valence-corrected chi connectivity index (χ1v) is 8.62. The van der Waals surface area contributed by atoms with Gasteiger partial charge in [0.15, 0.2) is 5.96 Å². The molecule has 1 atom stereocenters. The Hall–Kier alpha value is -0.820. The van der Waals surface area contributed by atoms with E-state index in [1.807, 2.05) is 6.07 Å². The van der Waals surface area contributed by atoms with Crippen LogP contribution in [-0.2, 0) is 0 Å². The van der Waals surface area contributed by atoms with Crippen LogP contribution >= 0.6 is 24.0 Å². The molecule has 24 heavy (non-hydrogen) atoms. The summed E-state index contributed by atoms with van der Waals surface area (Å²) < 4.78 is 0. The van der Waals surface area contributed by atoms with E-state index in [4.69, 9.17) is 5.73 Å². The number of hydrogen-bond acceptors (Lipinski definition) is 2. The highest BCUT2D eigenvalue weighted by atomic mass is 127.